The number of carbonyl (C=O) groups excluding carboxylic acids is 1. The van der Waals surface area contributed by atoms with Crippen LogP contribution in [-0.4, -0.2) is 22.5 Å². The summed E-state index contributed by atoms with van der Waals surface area (Å²) in [7, 11) is 0. The number of anilines is 1. The van der Waals surface area contributed by atoms with E-state index in [1.165, 1.54) is 23.5 Å². The molecule has 0 aliphatic carbocycles. The minimum Gasteiger partial charge on any atom is -0.466 e. The Morgan fingerprint density at radius 3 is 2.64 bits per heavy atom. The molecule has 0 aliphatic heterocycles. The first kappa shape index (κ1) is 15.9. The summed E-state index contributed by atoms with van der Waals surface area (Å²) in [5.74, 6) is -0.618. The summed E-state index contributed by atoms with van der Waals surface area (Å²) >= 11 is 1.29. The maximum absolute atomic E-state index is 11.8. The minimum absolute atomic E-state index is 0.00227. The molecule has 1 aromatic heterocycles. The molecule has 2 N–H and O–H groups in total. The first-order chi connectivity index (χ1) is 10.5. The molecule has 0 fully saturated rings. The fourth-order valence-corrected chi connectivity index (χ4v) is 2.87. The smallest absolute Gasteiger partial charge is 0.306 e. The number of benzene rings is 1. The Morgan fingerprint density at radius 2 is 2.14 bits per heavy atom. The van der Waals surface area contributed by atoms with Crippen molar-refractivity contribution in [1.29, 1.82) is 0 Å². The third kappa shape index (κ3) is 3.79. The van der Waals surface area contributed by atoms with Gasteiger partial charge in [-0.05, 0) is 12.5 Å². The third-order valence-electron chi connectivity index (χ3n) is 3.07. The van der Waals surface area contributed by atoms with E-state index in [9.17, 15) is 14.9 Å². The van der Waals surface area contributed by atoms with Crippen molar-refractivity contribution in [3.63, 3.8) is 0 Å². The highest BCUT2D eigenvalue weighted by Gasteiger charge is 2.22. The van der Waals surface area contributed by atoms with Crippen LogP contribution in [0, 0.1) is 10.1 Å². The van der Waals surface area contributed by atoms with E-state index in [4.69, 9.17) is 10.5 Å². The van der Waals surface area contributed by atoms with Crippen molar-refractivity contribution >= 4 is 28.1 Å². The van der Waals surface area contributed by atoms with Crippen molar-refractivity contribution in [3.8, 4) is 0 Å². The molecule has 0 bridgehead atoms. The Balaban J connectivity index is 2.30. The number of nitrogens with zero attached hydrogens (tertiary/aromatic N) is 2. The van der Waals surface area contributed by atoms with Gasteiger partial charge in [0.2, 0.25) is 0 Å². The zero-order valence-corrected chi connectivity index (χ0v) is 12.7. The van der Waals surface area contributed by atoms with E-state index in [1.807, 2.05) is 0 Å². The van der Waals surface area contributed by atoms with E-state index in [0.29, 0.717) is 11.7 Å². The number of nitrogens with two attached hydrogens (primary N) is 1. The lowest BCUT2D eigenvalue weighted by molar-refractivity contribution is -0.384. The van der Waals surface area contributed by atoms with Gasteiger partial charge in [0.05, 0.1) is 18.0 Å². The lowest BCUT2D eigenvalue weighted by atomic mass is 9.94. The molecule has 116 valence electrons. The minimum atomic E-state index is -0.463. The zero-order chi connectivity index (χ0) is 16.1. The van der Waals surface area contributed by atoms with Gasteiger partial charge < -0.3 is 10.5 Å². The molecule has 1 aromatic carbocycles. The number of hydrogen-bond donors (Lipinski definition) is 1. The van der Waals surface area contributed by atoms with Crippen LogP contribution in [-0.2, 0) is 9.53 Å². The molecule has 2 rings (SSSR count). The Kier molecular flexibility index (Phi) is 5.05. The largest absolute Gasteiger partial charge is 0.466 e. The van der Waals surface area contributed by atoms with Crippen LogP contribution in [0.4, 0.5) is 10.8 Å². The molecule has 0 spiro atoms. The van der Waals surface area contributed by atoms with Crippen molar-refractivity contribution in [2.75, 3.05) is 12.3 Å². The van der Waals surface area contributed by atoms with Gasteiger partial charge in [0.25, 0.3) is 5.69 Å². The molecule has 7 nitrogen and oxygen atoms in total. The second kappa shape index (κ2) is 6.99. The highest BCUT2D eigenvalue weighted by Crippen LogP contribution is 2.33. The van der Waals surface area contributed by atoms with Crippen molar-refractivity contribution in [2.24, 2.45) is 0 Å². The molecular formula is C14H15N3O4S. The van der Waals surface area contributed by atoms with Gasteiger partial charge in [-0.2, -0.15) is 0 Å². The molecule has 0 amide bonds. The molecular weight excluding hydrogens is 306 g/mol. The second-order valence-corrected chi connectivity index (χ2v) is 5.61. The SMILES string of the molecule is CCOC(=O)CC(c1ccc([N+](=O)[O-])cc1)c1cnc(N)s1. The van der Waals surface area contributed by atoms with Gasteiger partial charge in [-0.3, -0.25) is 14.9 Å². The van der Waals surface area contributed by atoms with E-state index in [-0.39, 0.29) is 24.0 Å². The maximum Gasteiger partial charge on any atom is 0.306 e. The van der Waals surface area contributed by atoms with Crippen LogP contribution in [0.25, 0.3) is 0 Å². The standard InChI is InChI=1S/C14H15N3O4S/c1-2-21-13(18)7-11(12-8-16-14(15)22-12)9-3-5-10(6-4-9)17(19)20/h3-6,8,11H,2,7H2,1H3,(H2,15,16). The van der Waals surface area contributed by atoms with Gasteiger partial charge in [-0.25, -0.2) is 4.98 Å². The van der Waals surface area contributed by atoms with Gasteiger partial charge in [0.1, 0.15) is 0 Å². The van der Waals surface area contributed by atoms with E-state index in [2.05, 4.69) is 4.98 Å². The average molecular weight is 321 g/mol. The third-order valence-corrected chi connectivity index (χ3v) is 4.01. The highest BCUT2D eigenvalue weighted by atomic mass is 32.1. The Labute approximate surface area is 130 Å². The van der Waals surface area contributed by atoms with Crippen molar-refractivity contribution in [1.82, 2.24) is 4.98 Å². The number of ether oxygens (including phenoxy) is 1. The number of nitro benzene ring substituents is 1. The molecule has 1 heterocycles. The number of aromatic nitrogens is 1. The van der Waals surface area contributed by atoms with Crippen LogP contribution in [0.1, 0.15) is 29.7 Å². The van der Waals surface area contributed by atoms with Gasteiger partial charge >= 0.3 is 5.97 Å². The fourth-order valence-electron chi connectivity index (χ4n) is 2.06. The summed E-state index contributed by atoms with van der Waals surface area (Å²) < 4.78 is 4.99. The number of nitro groups is 1. The Bertz CT molecular complexity index is 669. The number of carbonyl (C=O) groups is 1. The topological polar surface area (TPSA) is 108 Å². The maximum atomic E-state index is 11.8. The summed E-state index contributed by atoms with van der Waals surface area (Å²) in [5.41, 5.74) is 6.43. The molecule has 0 radical (unpaired) electrons. The molecule has 2 aromatic rings. The van der Waals surface area contributed by atoms with Crippen LogP contribution < -0.4 is 5.73 Å². The summed E-state index contributed by atoms with van der Waals surface area (Å²) in [6.07, 6.45) is 1.75. The number of esters is 1. The number of non-ortho nitro benzene ring substituents is 1. The lowest BCUT2D eigenvalue weighted by Crippen LogP contribution is -2.11. The Hall–Kier alpha value is -2.48. The van der Waals surface area contributed by atoms with Crippen LogP contribution in [0.15, 0.2) is 30.5 Å². The van der Waals surface area contributed by atoms with Crippen LogP contribution >= 0.6 is 11.3 Å². The van der Waals surface area contributed by atoms with Crippen molar-refractivity contribution < 1.29 is 14.5 Å². The molecule has 0 saturated carbocycles. The molecule has 8 heteroatoms. The van der Waals surface area contributed by atoms with Crippen LogP contribution in [0.5, 0.6) is 0 Å². The molecule has 0 saturated heterocycles. The highest BCUT2D eigenvalue weighted by molar-refractivity contribution is 7.15. The quantitative estimate of drug-likeness (QED) is 0.498. The van der Waals surface area contributed by atoms with Gasteiger partial charge in [0, 0.05) is 29.1 Å². The van der Waals surface area contributed by atoms with Gasteiger partial charge in [0.15, 0.2) is 5.13 Å². The number of hydrogen-bond acceptors (Lipinski definition) is 7. The molecule has 1 atom stereocenters. The summed E-state index contributed by atoms with van der Waals surface area (Å²) in [4.78, 5) is 26.9. The molecule has 0 aliphatic rings. The predicted octanol–water partition coefficient (Wildman–Crippen LogP) is 2.72. The summed E-state index contributed by atoms with van der Waals surface area (Å²) in [6.45, 7) is 2.04. The summed E-state index contributed by atoms with van der Waals surface area (Å²) in [6, 6.07) is 6.10. The van der Waals surface area contributed by atoms with E-state index < -0.39 is 4.92 Å². The number of nitrogen functional groups attached to an aromatic ring is 1. The van der Waals surface area contributed by atoms with E-state index >= 15 is 0 Å². The molecule has 1 unspecified atom stereocenters. The number of rotatable bonds is 6. The van der Waals surface area contributed by atoms with Crippen LogP contribution in [0.2, 0.25) is 0 Å². The lowest BCUT2D eigenvalue weighted by Gasteiger charge is -2.14. The predicted molar refractivity (Wildman–Crippen MR) is 82.7 cm³/mol. The summed E-state index contributed by atoms with van der Waals surface area (Å²) in [5, 5.41) is 11.1. The zero-order valence-electron chi connectivity index (χ0n) is 11.9. The molecule has 22 heavy (non-hydrogen) atoms. The average Bonchev–Trinajstić information content (AvgIpc) is 2.91. The first-order valence-electron chi connectivity index (χ1n) is 6.62. The first-order valence-corrected chi connectivity index (χ1v) is 7.44. The van der Waals surface area contributed by atoms with Gasteiger partial charge in [-0.15, -0.1) is 11.3 Å². The monoisotopic (exact) mass is 321 g/mol. The van der Waals surface area contributed by atoms with Gasteiger partial charge in [-0.1, -0.05) is 12.1 Å². The normalized spacial score (nSPS) is 11.9. The fraction of sp³-hybridized carbons (Fsp3) is 0.286. The van der Waals surface area contributed by atoms with E-state index in [0.717, 1.165) is 10.4 Å². The second-order valence-electron chi connectivity index (χ2n) is 4.51. The van der Waals surface area contributed by atoms with E-state index in [1.54, 1.807) is 25.3 Å². The number of thiazole rings is 1. The van der Waals surface area contributed by atoms with Crippen molar-refractivity contribution in [2.45, 2.75) is 19.3 Å². The van der Waals surface area contributed by atoms with Crippen LogP contribution in [0.3, 0.4) is 0 Å². The van der Waals surface area contributed by atoms with Crippen molar-refractivity contribution in [3.05, 3.63) is 51.0 Å². The Morgan fingerprint density at radius 1 is 1.45 bits per heavy atom.